The summed E-state index contributed by atoms with van der Waals surface area (Å²) in [4.78, 5) is 13.9. The van der Waals surface area contributed by atoms with Crippen molar-refractivity contribution in [2.24, 2.45) is 0 Å². The number of benzene rings is 1. The second-order valence-corrected chi connectivity index (χ2v) is 7.01. The fourth-order valence-corrected chi connectivity index (χ4v) is 3.72. The van der Waals surface area contributed by atoms with Gasteiger partial charge in [-0.15, -0.1) is 0 Å². The molecule has 5 nitrogen and oxygen atoms in total. The van der Waals surface area contributed by atoms with E-state index in [1.807, 2.05) is 12.3 Å². The van der Waals surface area contributed by atoms with Crippen LogP contribution in [0.25, 0.3) is 0 Å². The molecule has 0 amide bonds. The van der Waals surface area contributed by atoms with Crippen LogP contribution in [0.2, 0.25) is 0 Å². The van der Waals surface area contributed by atoms with Crippen molar-refractivity contribution >= 4 is 23.1 Å². The molecule has 3 heterocycles. The van der Waals surface area contributed by atoms with Crippen molar-refractivity contribution in [1.82, 2.24) is 9.97 Å². The highest BCUT2D eigenvalue weighted by Gasteiger charge is 2.14. The number of hydrogen-bond acceptors (Lipinski definition) is 5. The summed E-state index contributed by atoms with van der Waals surface area (Å²) in [5.74, 6) is 1.70. The van der Waals surface area contributed by atoms with Gasteiger partial charge in [0.25, 0.3) is 0 Å². The fraction of sp³-hybridized carbons (Fsp3) is 0.500. The summed E-state index contributed by atoms with van der Waals surface area (Å²) < 4.78 is 0. The molecule has 0 unspecified atom stereocenters. The smallest absolute Gasteiger partial charge is 0.227 e. The molecule has 2 aromatic rings. The van der Waals surface area contributed by atoms with Gasteiger partial charge in [0, 0.05) is 43.8 Å². The largest absolute Gasteiger partial charge is 0.372 e. The highest BCUT2D eigenvalue weighted by atomic mass is 15.3. The molecular formula is C20H27N5. The number of rotatable bonds is 4. The molecule has 0 bridgehead atoms. The van der Waals surface area contributed by atoms with Crippen molar-refractivity contribution in [3.63, 3.8) is 0 Å². The molecule has 0 saturated carbocycles. The van der Waals surface area contributed by atoms with E-state index in [1.165, 1.54) is 57.3 Å². The normalized spacial score (nSPS) is 18.2. The summed E-state index contributed by atoms with van der Waals surface area (Å²) in [6.07, 6.45) is 9.61. The van der Waals surface area contributed by atoms with Gasteiger partial charge >= 0.3 is 0 Å². The molecule has 0 aliphatic carbocycles. The summed E-state index contributed by atoms with van der Waals surface area (Å²) >= 11 is 0. The van der Waals surface area contributed by atoms with Crippen LogP contribution >= 0.6 is 0 Å². The minimum atomic E-state index is 0.842. The zero-order valence-electron chi connectivity index (χ0n) is 14.8. The van der Waals surface area contributed by atoms with Gasteiger partial charge in [-0.1, -0.05) is 0 Å². The van der Waals surface area contributed by atoms with Crippen LogP contribution < -0.4 is 15.1 Å². The van der Waals surface area contributed by atoms with Gasteiger partial charge in [-0.2, -0.15) is 4.98 Å². The number of nitrogens with zero attached hydrogens (tertiary/aromatic N) is 4. The predicted molar refractivity (Wildman–Crippen MR) is 104 cm³/mol. The highest BCUT2D eigenvalue weighted by Crippen LogP contribution is 2.24. The molecule has 4 rings (SSSR count). The molecule has 2 saturated heterocycles. The van der Waals surface area contributed by atoms with E-state index in [1.54, 1.807) is 0 Å². The minimum absolute atomic E-state index is 0.842. The van der Waals surface area contributed by atoms with Crippen LogP contribution in [0.4, 0.5) is 23.1 Å². The first-order valence-corrected chi connectivity index (χ1v) is 9.58. The molecule has 1 aromatic heterocycles. The van der Waals surface area contributed by atoms with E-state index < -0.39 is 0 Å². The Labute approximate surface area is 150 Å². The maximum atomic E-state index is 4.70. The first-order valence-electron chi connectivity index (χ1n) is 9.58. The van der Waals surface area contributed by atoms with Crippen molar-refractivity contribution in [2.45, 2.75) is 38.5 Å². The number of piperidine rings is 2. The van der Waals surface area contributed by atoms with Crippen LogP contribution in [0.15, 0.2) is 36.5 Å². The minimum Gasteiger partial charge on any atom is -0.372 e. The zero-order valence-corrected chi connectivity index (χ0v) is 14.8. The van der Waals surface area contributed by atoms with Gasteiger partial charge in [0.2, 0.25) is 5.95 Å². The van der Waals surface area contributed by atoms with Crippen LogP contribution in [-0.4, -0.2) is 36.1 Å². The molecule has 132 valence electrons. The first-order chi connectivity index (χ1) is 12.4. The second kappa shape index (κ2) is 7.72. The molecule has 0 spiro atoms. The fourth-order valence-electron chi connectivity index (χ4n) is 3.72. The van der Waals surface area contributed by atoms with E-state index in [2.05, 4.69) is 44.4 Å². The molecule has 0 radical (unpaired) electrons. The average molecular weight is 337 g/mol. The molecule has 0 atom stereocenters. The van der Waals surface area contributed by atoms with Crippen molar-refractivity contribution in [3.8, 4) is 0 Å². The lowest BCUT2D eigenvalue weighted by molar-refractivity contribution is 0.568. The molecular weight excluding hydrogens is 310 g/mol. The topological polar surface area (TPSA) is 44.3 Å². The maximum Gasteiger partial charge on any atom is 0.227 e. The maximum absolute atomic E-state index is 4.70. The van der Waals surface area contributed by atoms with Gasteiger partial charge in [-0.25, -0.2) is 4.98 Å². The Bertz CT molecular complexity index is 673. The number of aromatic nitrogens is 2. The van der Waals surface area contributed by atoms with Crippen molar-refractivity contribution < 1.29 is 0 Å². The molecule has 1 N–H and O–H groups in total. The van der Waals surface area contributed by atoms with E-state index in [4.69, 9.17) is 4.98 Å². The van der Waals surface area contributed by atoms with Crippen molar-refractivity contribution in [3.05, 3.63) is 36.5 Å². The van der Waals surface area contributed by atoms with E-state index >= 15 is 0 Å². The standard InChI is InChI=1S/C20H27N5/c1-3-13-24(14-4-1)18-9-7-17(8-10-18)22-19-11-12-21-20(23-19)25-15-5-2-6-16-25/h7-12H,1-6,13-16H2,(H,21,22,23). The molecule has 25 heavy (non-hydrogen) atoms. The van der Waals surface area contributed by atoms with Crippen LogP contribution in [0, 0.1) is 0 Å². The summed E-state index contributed by atoms with van der Waals surface area (Å²) in [5.41, 5.74) is 2.39. The van der Waals surface area contributed by atoms with Gasteiger partial charge in [0.05, 0.1) is 0 Å². The zero-order chi connectivity index (χ0) is 16.9. The monoisotopic (exact) mass is 337 g/mol. The summed E-state index contributed by atoms with van der Waals surface area (Å²) in [6.45, 7) is 4.48. The van der Waals surface area contributed by atoms with Gasteiger partial charge in [0.15, 0.2) is 0 Å². The van der Waals surface area contributed by atoms with Gasteiger partial charge in [-0.05, 0) is 68.9 Å². The molecule has 2 fully saturated rings. The number of anilines is 4. The summed E-state index contributed by atoms with van der Waals surface area (Å²) in [7, 11) is 0. The average Bonchev–Trinajstić information content (AvgIpc) is 2.70. The van der Waals surface area contributed by atoms with Crippen molar-refractivity contribution in [1.29, 1.82) is 0 Å². The van der Waals surface area contributed by atoms with E-state index in [9.17, 15) is 0 Å². The van der Waals surface area contributed by atoms with Gasteiger partial charge in [0.1, 0.15) is 5.82 Å². The molecule has 5 heteroatoms. The van der Waals surface area contributed by atoms with E-state index in [0.29, 0.717) is 0 Å². The lowest BCUT2D eigenvalue weighted by Crippen LogP contribution is -2.31. The molecule has 1 aromatic carbocycles. The van der Waals surface area contributed by atoms with Crippen LogP contribution in [0.5, 0.6) is 0 Å². The Morgan fingerprint density at radius 3 is 2.04 bits per heavy atom. The Morgan fingerprint density at radius 2 is 1.36 bits per heavy atom. The Kier molecular flexibility index (Phi) is 5.00. The van der Waals surface area contributed by atoms with Crippen LogP contribution in [0.1, 0.15) is 38.5 Å². The molecule has 2 aliphatic rings. The first kappa shape index (κ1) is 16.2. The van der Waals surface area contributed by atoms with Crippen molar-refractivity contribution in [2.75, 3.05) is 41.3 Å². The SMILES string of the molecule is c1cc(Nc2ccc(N3CCCCC3)cc2)nc(N2CCCCC2)n1. The third-order valence-electron chi connectivity index (χ3n) is 5.14. The third-order valence-corrected chi connectivity index (χ3v) is 5.14. The van der Waals surface area contributed by atoms with Gasteiger partial charge in [-0.3, -0.25) is 0 Å². The quantitative estimate of drug-likeness (QED) is 0.906. The van der Waals surface area contributed by atoms with Crippen LogP contribution in [0.3, 0.4) is 0 Å². The molecule has 2 aliphatic heterocycles. The summed E-state index contributed by atoms with van der Waals surface area (Å²) in [6, 6.07) is 10.6. The van der Waals surface area contributed by atoms with E-state index in [-0.39, 0.29) is 0 Å². The lowest BCUT2D eigenvalue weighted by Gasteiger charge is -2.29. The summed E-state index contributed by atoms with van der Waals surface area (Å²) in [5, 5.41) is 3.42. The van der Waals surface area contributed by atoms with E-state index in [0.717, 1.165) is 30.5 Å². The Hall–Kier alpha value is -2.30. The predicted octanol–water partition coefficient (Wildman–Crippen LogP) is 4.20. The second-order valence-electron chi connectivity index (χ2n) is 7.01. The number of nitrogens with one attached hydrogen (secondary N) is 1. The third kappa shape index (κ3) is 4.03. The van der Waals surface area contributed by atoms with Gasteiger partial charge < -0.3 is 15.1 Å². The highest BCUT2D eigenvalue weighted by molar-refractivity contribution is 5.61. The Balaban J connectivity index is 1.43. The lowest BCUT2D eigenvalue weighted by atomic mass is 10.1. The number of hydrogen-bond donors (Lipinski definition) is 1. The van der Waals surface area contributed by atoms with Crippen LogP contribution in [-0.2, 0) is 0 Å². The Morgan fingerprint density at radius 1 is 0.720 bits per heavy atom.